The van der Waals surface area contributed by atoms with E-state index in [-0.39, 0.29) is 0 Å². The maximum absolute atomic E-state index is 12.9. The molecule has 0 bridgehead atoms. The van der Waals surface area contributed by atoms with Crippen LogP contribution >= 0.6 is 0 Å². The molecule has 2 aromatic carbocycles. The fraction of sp³-hybridized carbons (Fsp3) is 0.182. The van der Waals surface area contributed by atoms with Crippen LogP contribution in [0.4, 0.5) is 0 Å². The number of fused-ring (bicyclic) bond motifs is 1. The third kappa shape index (κ3) is 3.27. The summed E-state index contributed by atoms with van der Waals surface area (Å²) < 4.78 is 31.5. The summed E-state index contributed by atoms with van der Waals surface area (Å²) in [5, 5.41) is 0. The monoisotopic (exact) mass is 409 g/mol. The van der Waals surface area contributed by atoms with Gasteiger partial charge in [-0.3, -0.25) is 13.9 Å². The molecule has 2 aliphatic rings. The van der Waals surface area contributed by atoms with Crippen LogP contribution in [0.25, 0.3) is 11.1 Å². The van der Waals surface area contributed by atoms with Crippen molar-refractivity contribution < 1.29 is 22.7 Å². The number of sulfonamides is 1. The number of hydrogen-bond donors (Lipinski definition) is 0. The van der Waals surface area contributed by atoms with E-state index in [0.29, 0.717) is 28.0 Å². The van der Waals surface area contributed by atoms with Gasteiger partial charge in [0, 0.05) is 6.20 Å². The number of carbonyl (C=O) groups excluding carboxylic acids is 2. The molecule has 6 nitrogen and oxygen atoms in total. The summed E-state index contributed by atoms with van der Waals surface area (Å²) in [7, 11) is -2.13. The van der Waals surface area contributed by atoms with E-state index in [9.17, 15) is 18.0 Å². The fourth-order valence-electron chi connectivity index (χ4n) is 3.89. The first-order chi connectivity index (χ1) is 13.8. The van der Waals surface area contributed by atoms with Crippen molar-refractivity contribution in [2.45, 2.75) is 6.04 Å². The Balaban J connectivity index is 1.89. The Bertz CT molecular complexity index is 1150. The van der Waals surface area contributed by atoms with Crippen molar-refractivity contribution in [1.29, 1.82) is 0 Å². The SMILES string of the molecule is COc1ccc(C2=CC(=O)C(=O)C3C(c4ccccc4)=CN(S(C)(=O)=O)C23)cc1. The summed E-state index contributed by atoms with van der Waals surface area (Å²) in [5.74, 6) is -1.48. The van der Waals surface area contributed by atoms with Crippen molar-refractivity contribution in [3.8, 4) is 5.75 Å². The second kappa shape index (κ2) is 7.00. The van der Waals surface area contributed by atoms with Crippen LogP contribution in [0, 0.1) is 5.92 Å². The van der Waals surface area contributed by atoms with Gasteiger partial charge < -0.3 is 4.74 Å². The summed E-state index contributed by atoms with van der Waals surface area (Å²) in [5.41, 5.74) is 2.40. The predicted molar refractivity (Wildman–Crippen MR) is 109 cm³/mol. The van der Waals surface area contributed by atoms with Gasteiger partial charge in [-0.15, -0.1) is 0 Å². The molecule has 1 aliphatic carbocycles. The van der Waals surface area contributed by atoms with E-state index in [1.807, 2.05) is 18.2 Å². The van der Waals surface area contributed by atoms with Gasteiger partial charge in [-0.25, -0.2) is 8.42 Å². The van der Waals surface area contributed by atoms with Crippen LogP contribution in [0.1, 0.15) is 11.1 Å². The van der Waals surface area contributed by atoms with Gasteiger partial charge in [0.2, 0.25) is 21.6 Å². The molecule has 0 fully saturated rings. The molecular formula is C22H19NO5S. The topological polar surface area (TPSA) is 80.8 Å². The molecule has 0 radical (unpaired) electrons. The number of nitrogens with zero attached hydrogens (tertiary/aromatic N) is 1. The first-order valence-corrected chi connectivity index (χ1v) is 10.9. The number of rotatable bonds is 4. The number of hydrogen-bond acceptors (Lipinski definition) is 5. The van der Waals surface area contributed by atoms with Crippen molar-refractivity contribution in [2.24, 2.45) is 5.92 Å². The lowest BCUT2D eigenvalue weighted by Crippen LogP contribution is -2.44. The van der Waals surface area contributed by atoms with E-state index in [0.717, 1.165) is 6.26 Å². The van der Waals surface area contributed by atoms with Crippen LogP contribution in [0.5, 0.6) is 5.75 Å². The molecule has 2 unspecified atom stereocenters. The molecule has 0 saturated carbocycles. The summed E-state index contributed by atoms with van der Waals surface area (Å²) in [4.78, 5) is 25.4. The lowest BCUT2D eigenvalue weighted by Gasteiger charge is -2.32. The Morgan fingerprint density at radius 1 is 0.897 bits per heavy atom. The minimum Gasteiger partial charge on any atom is -0.497 e. The highest BCUT2D eigenvalue weighted by Gasteiger charge is 2.50. The van der Waals surface area contributed by atoms with Gasteiger partial charge in [-0.1, -0.05) is 42.5 Å². The molecule has 29 heavy (non-hydrogen) atoms. The van der Waals surface area contributed by atoms with Gasteiger partial charge in [0.25, 0.3) is 0 Å². The summed E-state index contributed by atoms with van der Waals surface area (Å²) >= 11 is 0. The van der Waals surface area contributed by atoms with E-state index in [1.54, 1.807) is 43.5 Å². The Labute approximate surface area is 169 Å². The molecule has 2 aromatic rings. The number of Topliss-reactive ketones (excluding diaryl/α,β-unsaturated/α-hetero) is 1. The maximum atomic E-state index is 12.9. The molecule has 4 rings (SSSR count). The minimum absolute atomic E-state index is 0.495. The van der Waals surface area contributed by atoms with Crippen molar-refractivity contribution in [1.82, 2.24) is 4.31 Å². The largest absolute Gasteiger partial charge is 0.497 e. The van der Waals surface area contributed by atoms with Crippen molar-refractivity contribution >= 4 is 32.7 Å². The number of methoxy groups -OCH3 is 1. The smallest absolute Gasteiger partial charge is 0.232 e. The van der Waals surface area contributed by atoms with E-state index < -0.39 is 33.5 Å². The molecule has 0 N–H and O–H groups in total. The zero-order valence-electron chi connectivity index (χ0n) is 15.9. The second-order valence-corrected chi connectivity index (χ2v) is 8.91. The molecule has 1 heterocycles. The van der Waals surface area contributed by atoms with E-state index in [2.05, 4.69) is 0 Å². The molecule has 0 amide bonds. The van der Waals surface area contributed by atoms with Crippen LogP contribution in [-0.2, 0) is 19.6 Å². The van der Waals surface area contributed by atoms with E-state index in [1.165, 1.54) is 16.6 Å². The van der Waals surface area contributed by atoms with Crippen molar-refractivity contribution in [3.63, 3.8) is 0 Å². The van der Waals surface area contributed by atoms with Crippen LogP contribution in [0.15, 0.2) is 66.9 Å². The number of benzene rings is 2. The highest BCUT2D eigenvalue weighted by molar-refractivity contribution is 7.88. The van der Waals surface area contributed by atoms with Crippen LogP contribution in [0.3, 0.4) is 0 Å². The highest BCUT2D eigenvalue weighted by Crippen LogP contribution is 2.45. The predicted octanol–water partition coefficient (Wildman–Crippen LogP) is 2.53. The van der Waals surface area contributed by atoms with Gasteiger partial charge in [-0.05, 0) is 40.5 Å². The highest BCUT2D eigenvalue weighted by atomic mass is 32.2. The zero-order chi connectivity index (χ0) is 20.8. The quantitative estimate of drug-likeness (QED) is 0.725. The number of allylic oxidation sites excluding steroid dienone is 1. The second-order valence-electron chi connectivity index (χ2n) is 7.02. The van der Waals surface area contributed by atoms with Crippen LogP contribution < -0.4 is 4.74 Å². The number of carbonyl (C=O) groups is 2. The number of ketones is 2. The average Bonchev–Trinajstić information content (AvgIpc) is 3.13. The number of ether oxygens (including phenoxy) is 1. The maximum Gasteiger partial charge on any atom is 0.232 e. The van der Waals surface area contributed by atoms with Crippen LogP contribution in [-0.4, -0.2) is 43.7 Å². The Morgan fingerprint density at radius 3 is 2.10 bits per heavy atom. The molecule has 0 aromatic heterocycles. The molecule has 7 heteroatoms. The summed E-state index contributed by atoms with van der Waals surface area (Å²) in [6, 6.07) is 15.2. The molecule has 1 aliphatic heterocycles. The standard InChI is InChI=1S/C22H19NO5S/c1-28-16-10-8-15(9-11-16)17-12-19(24)22(25)20-18(14-6-4-3-5-7-14)13-23(21(17)20)29(2,26)27/h3-13,20-21H,1-2H3. The van der Waals surface area contributed by atoms with Gasteiger partial charge in [0.15, 0.2) is 0 Å². The molecule has 0 saturated heterocycles. The van der Waals surface area contributed by atoms with Gasteiger partial charge in [0.05, 0.1) is 25.3 Å². The Hall–Kier alpha value is -3.19. The minimum atomic E-state index is -3.68. The Kier molecular flexibility index (Phi) is 4.62. The lowest BCUT2D eigenvalue weighted by atomic mass is 9.76. The summed E-state index contributed by atoms with van der Waals surface area (Å²) in [6.45, 7) is 0. The first kappa shape index (κ1) is 19.1. The normalized spacial score (nSPS) is 21.5. The van der Waals surface area contributed by atoms with Gasteiger partial charge in [-0.2, -0.15) is 0 Å². The average molecular weight is 409 g/mol. The molecule has 2 atom stereocenters. The summed E-state index contributed by atoms with van der Waals surface area (Å²) in [6.07, 6.45) is 3.83. The lowest BCUT2D eigenvalue weighted by molar-refractivity contribution is -0.135. The van der Waals surface area contributed by atoms with Crippen molar-refractivity contribution in [3.05, 3.63) is 78.0 Å². The Morgan fingerprint density at radius 2 is 1.52 bits per heavy atom. The van der Waals surface area contributed by atoms with Crippen molar-refractivity contribution in [2.75, 3.05) is 13.4 Å². The first-order valence-electron chi connectivity index (χ1n) is 9.01. The molecule has 0 spiro atoms. The molecular weight excluding hydrogens is 390 g/mol. The third-order valence-corrected chi connectivity index (χ3v) is 6.33. The van der Waals surface area contributed by atoms with Gasteiger partial charge in [0.1, 0.15) is 5.75 Å². The zero-order valence-corrected chi connectivity index (χ0v) is 16.7. The van der Waals surface area contributed by atoms with E-state index in [4.69, 9.17) is 4.74 Å². The van der Waals surface area contributed by atoms with E-state index >= 15 is 0 Å². The van der Waals surface area contributed by atoms with Gasteiger partial charge >= 0.3 is 0 Å². The molecule has 148 valence electrons. The van der Waals surface area contributed by atoms with Crippen LogP contribution in [0.2, 0.25) is 0 Å². The fourth-order valence-corrected chi connectivity index (χ4v) is 4.84. The third-order valence-electron chi connectivity index (χ3n) is 5.24.